The fourth-order valence-electron chi connectivity index (χ4n) is 5.33. The molecule has 1 atom stereocenters. The van der Waals surface area contributed by atoms with Gasteiger partial charge in [0.15, 0.2) is 17.3 Å². The van der Waals surface area contributed by atoms with Crippen LogP contribution in [0.1, 0.15) is 60.0 Å². The highest BCUT2D eigenvalue weighted by Gasteiger charge is 2.46. The molecule has 8 nitrogen and oxygen atoms in total. The molecule has 170 valence electrons. The third-order valence-corrected chi connectivity index (χ3v) is 7.12. The second-order valence-electron chi connectivity index (χ2n) is 9.09. The lowest BCUT2D eigenvalue weighted by Crippen LogP contribution is -2.52. The van der Waals surface area contributed by atoms with E-state index in [1.54, 1.807) is 24.0 Å². The zero-order valence-corrected chi connectivity index (χ0v) is 18.2. The Hall–Kier alpha value is -3.55. The average Bonchev–Trinajstić information content (AvgIpc) is 3.26. The molecule has 8 heteroatoms. The van der Waals surface area contributed by atoms with E-state index in [4.69, 9.17) is 18.9 Å². The Balaban J connectivity index is 1.43. The molecule has 0 aliphatic carbocycles. The van der Waals surface area contributed by atoms with Crippen LogP contribution in [0.5, 0.6) is 23.0 Å². The van der Waals surface area contributed by atoms with Crippen LogP contribution in [-0.2, 0) is 9.59 Å². The van der Waals surface area contributed by atoms with Crippen LogP contribution in [-0.4, -0.2) is 48.0 Å². The van der Waals surface area contributed by atoms with Gasteiger partial charge in [-0.25, -0.2) is 0 Å². The van der Waals surface area contributed by atoms with E-state index in [1.807, 2.05) is 18.2 Å². The summed E-state index contributed by atoms with van der Waals surface area (Å²) < 4.78 is 23.2. The molecule has 0 saturated carbocycles. The summed E-state index contributed by atoms with van der Waals surface area (Å²) in [5, 5.41) is 0. The smallest absolute Gasteiger partial charge is 0.312 e. The van der Waals surface area contributed by atoms with Crippen LogP contribution in [0.15, 0.2) is 30.3 Å². The van der Waals surface area contributed by atoms with E-state index in [0.29, 0.717) is 60.1 Å². The molecular weight excluding hydrogens is 426 g/mol. The standard InChI is InChI=1S/C25H23NO7/c1-14(27)26-8-6-25(7-9-26)12-18(28)16-3-5-20-23(24(16)33-25)17(11-22(29)32-20)15-2-4-19-21(10-15)31-13-30-19/h2-5,10,17H,6-9,11-13H2,1H3/t17-/m0/s1. The normalized spacial score (nSPS) is 22.3. The molecule has 4 heterocycles. The number of ketones is 1. The fourth-order valence-corrected chi connectivity index (χ4v) is 5.33. The number of nitrogens with zero attached hydrogens (tertiary/aromatic N) is 1. The molecule has 4 aliphatic rings. The molecule has 4 aliphatic heterocycles. The van der Waals surface area contributed by atoms with E-state index in [1.165, 1.54) is 0 Å². The van der Waals surface area contributed by atoms with Gasteiger partial charge in [-0.1, -0.05) is 6.07 Å². The van der Waals surface area contributed by atoms with E-state index in [0.717, 1.165) is 5.56 Å². The summed E-state index contributed by atoms with van der Waals surface area (Å²) in [6.07, 6.45) is 1.57. The minimum atomic E-state index is -0.661. The maximum Gasteiger partial charge on any atom is 0.312 e. The third-order valence-electron chi connectivity index (χ3n) is 7.12. The Morgan fingerprint density at radius 3 is 2.58 bits per heavy atom. The first kappa shape index (κ1) is 20.1. The van der Waals surface area contributed by atoms with E-state index in [-0.39, 0.29) is 43.2 Å². The SMILES string of the molecule is CC(=O)N1CCC2(CC1)CC(=O)c1ccc3c(c1O2)[C@H](c1ccc2c(c1)OCO2)CC(=O)O3. The van der Waals surface area contributed by atoms with Crippen molar-refractivity contribution in [3.63, 3.8) is 0 Å². The van der Waals surface area contributed by atoms with Gasteiger partial charge in [-0.05, 0) is 29.8 Å². The van der Waals surface area contributed by atoms with Crippen molar-refractivity contribution in [2.45, 2.75) is 44.1 Å². The fraction of sp³-hybridized carbons (Fsp3) is 0.400. The Kier molecular flexibility index (Phi) is 4.40. The molecule has 2 aromatic carbocycles. The van der Waals surface area contributed by atoms with Crippen molar-refractivity contribution in [3.8, 4) is 23.0 Å². The minimum Gasteiger partial charge on any atom is -0.485 e. The number of carbonyl (C=O) groups is 3. The van der Waals surface area contributed by atoms with Gasteiger partial charge < -0.3 is 23.8 Å². The number of ether oxygens (including phenoxy) is 4. The van der Waals surface area contributed by atoms with Crippen LogP contribution in [0.2, 0.25) is 0 Å². The molecule has 0 unspecified atom stereocenters. The molecule has 0 bridgehead atoms. The molecular formula is C25H23NO7. The van der Waals surface area contributed by atoms with Gasteiger partial charge in [-0.2, -0.15) is 0 Å². The lowest BCUT2D eigenvalue weighted by atomic mass is 9.79. The number of hydrogen-bond acceptors (Lipinski definition) is 7. The lowest BCUT2D eigenvalue weighted by molar-refractivity contribution is -0.135. The van der Waals surface area contributed by atoms with Crippen molar-refractivity contribution in [2.75, 3.05) is 19.9 Å². The summed E-state index contributed by atoms with van der Waals surface area (Å²) in [6, 6.07) is 8.98. The van der Waals surface area contributed by atoms with E-state index in [9.17, 15) is 14.4 Å². The first-order valence-electron chi connectivity index (χ1n) is 11.2. The van der Waals surface area contributed by atoms with Gasteiger partial charge >= 0.3 is 5.97 Å². The third kappa shape index (κ3) is 3.23. The maximum absolute atomic E-state index is 13.2. The number of esters is 1. The molecule has 0 N–H and O–H groups in total. The Bertz CT molecular complexity index is 1200. The number of piperidine rings is 1. The lowest BCUT2D eigenvalue weighted by Gasteiger charge is -2.45. The largest absolute Gasteiger partial charge is 0.485 e. The van der Waals surface area contributed by atoms with Gasteiger partial charge in [0.1, 0.15) is 17.1 Å². The Morgan fingerprint density at radius 2 is 1.79 bits per heavy atom. The minimum absolute atomic E-state index is 0.0108. The van der Waals surface area contributed by atoms with Crippen LogP contribution in [0, 0.1) is 0 Å². The van der Waals surface area contributed by atoms with Gasteiger partial charge in [-0.15, -0.1) is 0 Å². The van der Waals surface area contributed by atoms with Gasteiger partial charge in [0, 0.05) is 44.3 Å². The zero-order chi connectivity index (χ0) is 22.7. The van der Waals surface area contributed by atoms with Crippen LogP contribution in [0.25, 0.3) is 0 Å². The number of rotatable bonds is 1. The van der Waals surface area contributed by atoms with Crippen molar-refractivity contribution < 1.29 is 33.3 Å². The van der Waals surface area contributed by atoms with Crippen molar-refractivity contribution in [3.05, 3.63) is 47.0 Å². The molecule has 2 aromatic rings. The first-order valence-corrected chi connectivity index (χ1v) is 11.2. The summed E-state index contributed by atoms with van der Waals surface area (Å²) >= 11 is 0. The molecule has 6 rings (SSSR count). The topological polar surface area (TPSA) is 91.4 Å². The van der Waals surface area contributed by atoms with E-state index >= 15 is 0 Å². The van der Waals surface area contributed by atoms with Crippen LogP contribution >= 0.6 is 0 Å². The molecule has 33 heavy (non-hydrogen) atoms. The van der Waals surface area contributed by atoms with Gasteiger partial charge in [0.2, 0.25) is 12.7 Å². The summed E-state index contributed by atoms with van der Waals surface area (Å²) in [7, 11) is 0. The number of Topliss-reactive ketones (excluding diaryl/α,β-unsaturated/α-hetero) is 1. The molecule has 1 amide bonds. The van der Waals surface area contributed by atoms with Crippen LogP contribution in [0.3, 0.4) is 0 Å². The number of benzene rings is 2. The summed E-state index contributed by atoms with van der Waals surface area (Å²) in [6.45, 7) is 2.82. The van der Waals surface area contributed by atoms with Crippen molar-refractivity contribution in [1.29, 1.82) is 0 Å². The van der Waals surface area contributed by atoms with Crippen molar-refractivity contribution in [1.82, 2.24) is 4.90 Å². The molecule has 1 saturated heterocycles. The van der Waals surface area contributed by atoms with Crippen molar-refractivity contribution >= 4 is 17.7 Å². The number of hydrogen-bond donors (Lipinski definition) is 0. The predicted molar refractivity (Wildman–Crippen MR) is 115 cm³/mol. The number of carbonyl (C=O) groups excluding carboxylic acids is 3. The number of amides is 1. The van der Waals surface area contributed by atoms with Gasteiger partial charge in [0.05, 0.1) is 18.4 Å². The van der Waals surface area contributed by atoms with Gasteiger partial charge in [0.25, 0.3) is 0 Å². The second-order valence-corrected chi connectivity index (χ2v) is 9.09. The summed E-state index contributed by atoms with van der Waals surface area (Å²) in [5.74, 6) is 1.56. The van der Waals surface area contributed by atoms with E-state index < -0.39 is 5.60 Å². The quantitative estimate of drug-likeness (QED) is 0.488. The summed E-state index contributed by atoms with van der Waals surface area (Å²) in [4.78, 5) is 39.2. The highest BCUT2D eigenvalue weighted by atomic mass is 16.7. The number of fused-ring (bicyclic) bond motifs is 4. The maximum atomic E-state index is 13.2. The zero-order valence-electron chi connectivity index (χ0n) is 18.2. The summed E-state index contributed by atoms with van der Waals surface area (Å²) in [5.41, 5.74) is 1.43. The first-order chi connectivity index (χ1) is 15.9. The van der Waals surface area contributed by atoms with Gasteiger partial charge in [-0.3, -0.25) is 14.4 Å². The van der Waals surface area contributed by atoms with Crippen LogP contribution in [0.4, 0.5) is 0 Å². The monoisotopic (exact) mass is 449 g/mol. The highest BCUT2D eigenvalue weighted by Crippen LogP contribution is 2.51. The Morgan fingerprint density at radius 1 is 1.03 bits per heavy atom. The molecule has 0 aromatic heterocycles. The van der Waals surface area contributed by atoms with Crippen molar-refractivity contribution in [2.24, 2.45) is 0 Å². The average molecular weight is 449 g/mol. The van der Waals surface area contributed by atoms with Crippen LogP contribution < -0.4 is 18.9 Å². The van der Waals surface area contributed by atoms with E-state index in [2.05, 4.69) is 0 Å². The molecule has 1 fully saturated rings. The highest BCUT2D eigenvalue weighted by molar-refractivity contribution is 6.01. The predicted octanol–water partition coefficient (Wildman–Crippen LogP) is 3.20. The Labute approximate surface area is 190 Å². The molecule has 1 spiro atoms. The second kappa shape index (κ2) is 7.23. The molecule has 0 radical (unpaired) electrons. The number of likely N-dealkylation sites (tertiary alicyclic amines) is 1.